The van der Waals surface area contributed by atoms with Crippen LogP contribution in [0.25, 0.3) is 0 Å². The van der Waals surface area contributed by atoms with Crippen LogP contribution in [0.15, 0.2) is 0 Å². The maximum Gasteiger partial charge on any atom is 0.238 e. The van der Waals surface area contributed by atoms with Crippen molar-refractivity contribution in [3.05, 3.63) is 0 Å². The Bertz CT molecular complexity index is 500. The van der Waals surface area contributed by atoms with Gasteiger partial charge >= 0.3 is 0 Å². The second-order valence-electron chi connectivity index (χ2n) is 8.93. The third kappa shape index (κ3) is 2.97. The first-order valence-electron chi connectivity index (χ1n) is 10.2. The summed E-state index contributed by atoms with van der Waals surface area (Å²) in [6.45, 7) is 1.77. The van der Waals surface area contributed by atoms with Crippen LogP contribution >= 0.6 is 0 Å². The molecule has 1 N–H and O–H groups in total. The number of hydrogen-bond acceptors (Lipinski definition) is 2. The van der Waals surface area contributed by atoms with Crippen molar-refractivity contribution in [2.45, 2.75) is 89.5 Å². The van der Waals surface area contributed by atoms with E-state index in [4.69, 9.17) is 0 Å². The summed E-state index contributed by atoms with van der Waals surface area (Å²) in [5, 5.41) is 3.11. The summed E-state index contributed by atoms with van der Waals surface area (Å²) in [7, 11) is 0. The summed E-state index contributed by atoms with van der Waals surface area (Å²) in [4.78, 5) is 28.2. The highest BCUT2D eigenvalue weighted by Gasteiger charge is 2.54. The van der Waals surface area contributed by atoms with E-state index in [0.717, 1.165) is 51.6 Å². The van der Waals surface area contributed by atoms with Crippen molar-refractivity contribution < 1.29 is 9.59 Å². The maximum atomic E-state index is 13.3. The van der Waals surface area contributed by atoms with Crippen LogP contribution in [0, 0.1) is 10.8 Å². The van der Waals surface area contributed by atoms with E-state index in [1.54, 1.807) is 0 Å². The lowest BCUT2D eigenvalue weighted by Crippen LogP contribution is -2.59. The summed E-state index contributed by atoms with van der Waals surface area (Å²) < 4.78 is 0. The maximum absolute atomic E-state index is 13.3. The standard InChI is InChI=1S/C20H32N2O2/c23-17(21-16-7-8-16)20(12-5-13-20)18(24)22-14-6-11-19(15-22)9-3-1-2-4-10-19/h16H,1-15H2,(H,21,23). The number of carbonyl (C=O) groups is 2. The topological polar surface area (TPSA) is 49.4 Å². The predicted molar refractivity (Wildman–Crippen MR) is 93.4 cm³/mol. The van der Waals surface area contributed by atoms with E-state index in [9.17, 15) is 9.59 Å². The molecule has 0 aromatic carbocycles. The number of nitrogens with one attached hydrogen (secondary N) is 1. The van der Waals surface area contributed by atoms with E-state index in [-0.39, 0.29) is 11.8 Å². The van der Waals surface area contributed by atoms with Gasteiger partial charge in [0.2, 0.25) is 11.8 Å². The Morgan fingerprint density at radius 1 is 0.833 bits per heavy atom. The van der Waals surface area contributed by atoms with E-state index in [2.05, 4.69) is 10.2 Å². The molecule has 1 heterocycles. The third-order valence-corrected chi connectivity index (χ3v) is 7.08. The van der Waals surface area contributed by atoms with Gasteiger partial charge < -0.3 is 10.2 Å². The molecule has 1 spiro atoms. The Labute approximate surface area is 145 Å². The van der Waals surface area contributed by atoms with Crippen molar-refractivity contribution >= 4 is 11.8 Å². The number of rotatable bonds is 3. The van der Waals surface area contributed by atoms with Crippen LogP contribution in [0.4, 0.5) is 0 Å². The van der Waals surface area contributed by atoms with E-state index in [1.165, 1.54) is 44.9 Å². The van der Waals surface area contributed by atoms with Gasteiger partial charge in [-0.25, -0.2) is 0 Å². The van der Waals surface area contributed by atoms with E-state index >= 15 is 0 Å². The predicted octanol–water partition coefficient (Wildman–Crippen LogP) is 3.40. The molecule has 0 aromatic heterocycles. The van der Waals surface area contributed by atoms with Gasteiger partial charge in [0.25, 0.3) is 0 Å². The molecule has 4 nitrogen and oxygen atoms in total. The fourth-order valence-corrected chi connectivity index (χ4v) is 5.19. The summed E-state index contributed by atoms with van der Waals surface area (Å²) in [6.07, 6.45) is 15.0. The lowest BCUT2D eigenvalue weighted by atomic mass is 9.66. The summed E-state index contributed by atoms with van der Waals surface area (Å²) >= 11 is 0. The number of carbonyl (C=O) groups excluding carboxylic acids is 2. The van der Waals surface area contributed by atoms with Crippen LogP contribution < -0.4 is 5.32 Å². The highest BCUT2D eigenvalue weighted by molar-refractivity contribution is 6.06. The zero-order valence-electron chi connectivity index (χ0n) is 14.9. The number of likely N-dealkylation sites (tertiary alicyclic amines) is 1. The van der Waals surface area contributed by atoms with Crippen molar-refractivity contribution in [2.24, 2.45) is 10.8 Å². The zero-order valence-corrected chi connectivity index (χ0v) is 14.9. The van der Waals surface area contributed by atoms with Gasteiger partial charge in [0.15, 0.2) is 0 Å². The van der Waals surface area contributed by atoms with Crippen molar-refractivity contribution in [2.75, 3.05) is 13.1 Å². The fourth-order valence-electron chi connectivity index (χ4n) is 5.19. The van der Waals surface area contributed by atoms with Gasteiger partial charge in [0.05, 0.1) is 0 Å². The fraction of sp³-hybridized carbons (Fsp3) is 0.900. The van der Waals surface area contributed by atoms with Crippen LogP contribution in [0.5, 0.6) is 0 Å². The van der Waals surface area contributed by atoms with Gasteiger partial charge in [-0.3, -0.25) is 9.59 Å². The Hall–Kier alpha value is -1.06. The van der Waals surface area contributed by atoms with Crippen molar-refractivity contribution in [1.82, 2.24) is 10.2 Å². The number of piperidine rings is 1. The molecule has 1 saturated heterocycles. The molecular formula is C20H32N2O2. The highest BCUT2D eigenvalue weighted by Crippen LogP contribution is 2.47. The lowest BCUT2D eigenvalue weighted by molar-refractivity contribution is -0.160. The molecule has 0 atom stereocenters. The van der Waals surface area contributed by atoms with Gasteiger partial charge in [0.1, 0.15) is 5.41 Å². The first-order chi connectivity index (χ1) is 11.6. The largest absolute Gasteiger partial charge is 0.352 e. The second-order valence-corrected chi connectivity index (χ2v) is 8.93. The molecule has 4 fully saturated rings. The lowest BCUT2D eigenvalue weighted by Gasteiger charge is -2.48. The molecule has 4 rings (SSSR count). The van der Waals surface area contributed by atoms with Crippen molar-refractivity contribution in [1.29, 1.82) is 0 Å². The first-order valence-corrected chi connectivity index (χ1v) is 10.2. The molecule has 3 aliphatic carbocycles. The van der Waals surface area contributed by atoms with Crippen LogP contribution in [0.1, 0.15) is 83.5 Å². The molecule has 134 valence electrons. The summed E-state index contributed by atoms with van der Waals surface area (Å²) in [5.74, 6) is 0.178. The number of amides is 2. The van der Waals surface area contributed by atoms with Crippen LogP contribution in [0.2, 0.25) is 0 Å². The molecule has 3 saturated carbocycles. The minimum atomic E-state index is -0.716. The average molecular weight is 332 g/mol. The molecule has 4 heteroatoms. The second kappa shape index (κ2) is 6.34. The summed E-state index contributed by atoms with van der Waals surface area (Å²) in [6, 6.07) is 0.345. The molecule has 0 bridgehead atoms. The molecule has 24 heavy (non-hydrogen) atoms. The van der Waals surface area contributed by atoms with Gasteiger partial charge in [-0.05, 0) is 56.8 Å². The minimum absolute atomic E-state index is 0.0294. The normalized spacial score (nSPS) is 28.8. The Kier molecular flexibility index (Phi) is 4.34. The summed E-state index contributed by atoms with van der Waals surface area (Å²) in [5.41, 5.74) is -0.367. The van der Waals surface area contributed by atoms with E-state index in [1.807, 2.05) is 0 Å². The van der Waals surface area contributed by atoms with Gasteiger partial charge in [0, 0.05) is 19.1 Å². The highest BCUT2D eigenvalue weighted by atomic mass is 16.2. The Morgan fingerprint density at radius 3 is 2.08 bits per heavy atom. The molecule has 2 amide bonds. The van der Waals surface area contributed by atoms with Crippen molar-refractivity contribution in [3.8, 4) is 0 Å². The first kappa shape index (κ1) is 16.4. The van der Waals surface area contributed by atoms with Gasteiger partial charge in [-0.15, -0.1) is 0 Å². The molecule has 0 unspecified atom stereocenters. The Morgan fingerprint density at radius 2 is 1.50 bits per heavy atom. The Balaban J connectivity index is 1.47. The van der Waals surface area contributed by atoms with Gasteiger partial charge in [-0.1, -0.05) is 32.1 Å². The average Bonchev–Trinajstić information content (AvgIpc) is 3.35. The van der Waals surface area contributed by atoms with Crippen molar-refractivity contribution in [3.63, 3.8) is 0 Å². The quantitative estimate of drug-likeness (QED) is 0.805. The van der Waals surface area contributed by atoms with Crippen LogP contribution in [-0.4, -0.2) is 35.8 Å². The number of hydrogen-bond donors (Lipinski definition) is 1. The molecular weight excluding hydrogens is 300 g/mol. The molecule has 0 radical (unpaired) electrons. The monoisotopic (exact) mass is 332 g/mol. The molecule has 4 aliphatic rings. The number of nitrogens with zero attached hydrogens (tertiary/aromatic N) is 1. The molecule has 0 aromatic rings. The van der Waals surface area contributed by atoms with E-state index < -0.39 is 5.41 Å². The smallest absolute Gasteiger partial charge is 0.238 e. The van der Waals surface area contributed by atoms with Gasteiger partial charge in [-0.2, -0.15) is 0 Å². The SMILES string of the molecule is O=C(NC1CC1)C1(C(=O)N2CCCC3(CCCCCC3)C2)CCC1. The van der Waals surface area contributed by atoms with E-state index in [0.29, 0.717) is 11.5 Å². The minimum Gasteiger partial charge on any atom is -0.352 e. The third-order valence-electron chi connectivity index (χ3n) is 7.08. The zero-order chi connectivity index (χ0) is 16.6. The molecule has 1 aliphatic heterocycles. The van der Waals surface area contributed by atoms with Crippen LogP contribution in [0.3, 0.4) is 0 Å². The van der Waals surface area contributed by atoms with Crippen LogP contribution in [-0.2, 0) is 9.59 Å².